The molecule has 30 heavy (non-hydrogen) atoms. The smallest absolute Gasteiger partial charge is 0.243 e. The van der Waals surface area contributed by atoms with Crippen LogP contribution in [0.2, 0.25) is 5.02 Å². The van der Waals surface area contributed by atoms with E-state index in [1.807, 2.05) is 42.5 Å². The molecule has 0 unspecified atom stereocenters. The number of unbranched alkanes of at least 4 members (excludes halogenated alkanes) is 1. The molecule has 4 aromatic rings. The van der Waals surface area contributed by atoms with Gasteiger partial charge in [-0.3, -0.25) is 0 Å². The third-order valence-electron chi connectivity index (χ3n) is 4.96. The number of aromatic nitrogens is 4. The van der Waals surface area contributed by atoms with Crippen molar-refractivity contribution < 1.29 is 4.74 Å². The lowest BCUT2D eigenvalue weighted by Crippen LogP contribution is -2.10. The van der Waals surface area contributed by atoms with Gasteiger partial charge in [0.05, 0.1) is 0 Å². The first kappa shape index (κ1) is 20.2. The summed E-state index contributed by atoms with van der Waals surface area (Å²) in [5.74, 6) is 1.49. The highest BCUT2D eigenvalue weighted by atomic mass is 35.5. The minimum atomic E-state index is 0.445. The Labute approximate surface area is 180 Å². The minimum absolute atomic E-state index is 0.445. The van der Waals surface area contributed by atoms with Crippen molar-refractivity contribution in [1.82, 2.24) is 20.2 Å². The van der Waals surface area contributed by atoms with E-state index in [2.05, 4.69) is 46.0 Å². The molecule has 7 heteroatoms. The van der Waals surface area contributed by atoms with E-state index in [9.17, 15) is 0 Å². The maximum absolute atomic E-state index is 6.19. The number of rotatable bonds is 9. The van der Waals surface area contributed by atoms with Gasteiger partial charge in [0.1, 0.15) is 12.4 Å². The van der Waals surface area contributed by atoms with Crippen LogP contribution in [0.15, 0.2) is 60.7 Å². The molecule has 154 valence electrons. The highest BCUT2D eigenvalue weighted by Crippen LogP contribution is 2.29. The van der Waals surface area contributed by atoms with E-state index in [0.29, 0.717) is 24.1 Å². The van der Waals surface area contributed by atoms with Gasteiger partial charge >= 0.3 is 0 Å². The summed E-state index contributed by atoms with van der Waals surface area (Å²) >= 11 is 6.11. The number of halogens is 1. The first-order chi connectivity index (χ1) is 14.7. The van der Waals surface area contributed by atoms with Crippen LogP contribution in [-0.2, 0) is 19.7 Å². The lowest BCUT2D eigenvalue weighted by atomic mass is 10.0. The number of tetrazole rings is 1. The van der Waals surface area contributed by atoms with E-state index in [4.69, 9.17) is 16.3 Å². The van der Waals surface area contributed by atoms with Gasteiger partial charge in [-0.15, -0.1) is 0 Å². The van der Waals surface area contributed by atoms with Crippen LogP contribution in [0.3, 0.4) is 0 Å². The summed E-state index contributed by atoms with van der Waals surface area (Å²) in [6.07, 6.45) is 2.12. The summed E-state index contributed by atoms with van der Waals surface area (Å²) in [6, 6.07) is 20.1. The van der Waals surface area contributed by atoms with E-state index >= 15 is 0 Å². The van der Waals surface area contributed by atoms with E-state index < -0.39 is 0 Å². The second-order valence-electron chi connectivity index (χ2n) is 7.11. The van der Waals surface area contributed by atoms with Gasteiger partial charge in [-0.1, -0.05) is 72.5 Å². The third-order valence-corrected chi connectivity index (χ3v) is 5.19. The van der Waals surface area contributed by atoms with Crippen molar-refractivity contribution in [3.05, 3.63) is 76.8 Å². The lowest BCUT2D eigenvalue weighted by molar-refractivity contribution is 0.304. The molecule has 1 aromatic heterocycles. The molecule has 0 aliphatic heterocycles. The third kappa shape index (κ3) is 4.71. The molecule has 1 N–H and O–H groups in total. The SMILES string of the molecule is CCCCn1nnnc1NCc1c(OCc2cccc(Cl)c2)ccc2ccccc12. The Morgan fingerprint density at radius 3 is 2.83 bits per heavy atom. The number of aryl methyl sites for hydroxylation is 1. The highest BCUT2D eigenvalue weighted by Gasteiger charge is 2.12. The molecule has 0 bridgehead atoms. The van der Waals surface area contributed by atoms with Crippen molar-refractivity contribution in [1.29, 1.82) is 0 Å². The molecule has 1 heterocycles. The van der Waals surface area contributed by atoms with Crippen LogP contribution < -0.4 is 10.1 Å². The number of ether oxygens (including phenoxy) is 1. The molecule has 0 fully saturated rings. The summed E-state index contributed by atoms with van der Waals surface area (Å²) < 4.78 is 8.00. The molecule has 0 atom stereocenters. The number of hydrogen-bond acceptors (Lipinski definition) is 5. The predicted octanol–water partition coefficient (Wildman–Crippen LogP) is 5.47. The number of anilines is 1. The van der Waals surface area contributed by atoms with Gasteiger partial charge in [-0.25, -0.2) is 4.68 Å². The van der Waals surface area contributed by atoms with Crippen LogP contribution in [0.5, 0.6) is 5.75 Å². The van der Waals surface area contributed by atoms with Crippen LogP contribution in [0, 0.1) is 0 Å². The van der Waals surface area contributed by atoms with Gasteiger partial charge in [0.25, 0.3) is 0 Å². The van der Waals surface area contributed by atoms with Crippen molar-refractivity contribution >= 4 is 28.3 Å². The molecule has 0 aliphatic rings. The Balaban J connectivity index is 1.58. The summed E-state index contributed by atoms with van der Waals surface area (Å²) in [6.45, 7) is 3.94. The summed E-state index contributed by atoms with van der Waals surface area (Å²) in [5.41, 5.74) is 2.10. The Bertz CT molecular complexity index is 1130. The molecule has 0 saturated carbocycles. The van der Waals surface area contributed by atoms with E-state index in [1.165, 1.54) is 0 Å². The summed E-state index contributed by atoms with van der Waals surface area (Å²) in [5, 5.41) is 18.4. The fourth-order valence-electron chi connectivity index (χ4n) is 3.38. The Morgan fingerprint density at radius 1 is 1.07 bits per heavy atom. The lowest BCUT2D eigenvalue weighted by Gasteiger charge is -2.15. The van der Waals surface area contributed by atoms with Gasteiger partial charge in [0, 0.05) is 23.7 Å². The fourth-order valence-corrected chi connectivity index (χ4v) is 3.59. The van der Waals surface area contributed by atoms with E-state index in [-0.39, 0.29) is 0 Å². The van der Waals surface area contributed by atoms with Gasteiger partial charge in [0.15, 0.2) is 0 Å². The zero-order chi connectivity index (χ0) is 20.8. The van der Waals surface area contributed by atoms with E-state index in [0.717, 1.165) is 47.0 Å². The normalized spacial score (nSPS) is 11.0. The maximum atomic E-state index is 6.19. The summed E-state index contributed by atoms with van der Waals surface area (Å²) in [4.78, 5) is 0. The van der Waals surface area contributed by atoms with Gasteiger partial charge in [-0.05, 0) is 51.4 Å². The average molecular weight is 422 g/mol. The zero-order valence-corrected chi connectivity index (χ0v) is 17.6. The molecule has 0 amide bonds. The second-order valence-corrected chi connectivity index (χ2v) is 7.55. The molecular formula is C23H24ClN5O. The quantitative estimate of drug-likeness (QED) is 0.388. The maximum Gasteiger partial charge on any atom is 0.243 e. The Kier molecular flexibility index (Phi) is 6.44. The van der Waals surface area contributed by atoms with Gasteiger partial charge < -0.3 is 10.1 Å². The molecule has 6 nitrogen and oxygen atoms in total. The predicted molar refractivity (Wildman–Crippen MR) is 120 cm³/mol. The van der Waals surface area contributed by atoms with Crippen LogP contribution in [0.4, 0.5) is 5.95 Å². The molecule has 4 rings (SSSR count). The molecule has 0 saturated heterocycles. The molecule has 0 spiro atoms. The van der Waals surface area contributed by atoms with Crippen LogP contribution in [-0.4, -0.2) is 20.2 Å². The number of nitrogens with zero attached hydrogens (tertiary/aromatic N) is 4. The highest BCUT2D eigenvalue weighted by molar-refractivity contribution is 6.30. The summed E-state index contributed by atoms with van der Waals surface area (Å²) in [7, 11) is 0. The fraction of sp³-hybridized carbons (Fsp3) is 0.261. The number of nitrogens with one attached hydrogen (secondary N) is 1. The van der Waals surface area contributed by atoms with Crippen molar-refractivity contribution in [3.8, 4) is 5.75 Å². The van der Waals surface area contributed by atoms with Gasteiger partial charge in [0.2, 0.25) is 5.95 Å². The van der Waals surface area contributed by atoms with Crippen molar-refractivity contribution in [2.75, 3.05) is 5.32 Å². The Morgan fingerprint density at radius 2 is 1.97 bits per heavy atom. The van der Waals surface area contributed by atoms with Crippen LogP contribution in [0.1, 0.15) is 30.9 Å². The first-order valence-corrected chi connectivity index (χ1v) is 10.5. The van der Waals surface area contributed by atoms with Crippen molar-refractivity contribution in [2.24, 2.45) is 0 Å². The number of benzene rings is 3. The zero-order valence-electron chi connectivity index (χ0n) is 16.9. The largest absolute Gasteiger partial charge is 0.489 e. The van der Waals surface area contributed by atoms with Gasteiger partial charge in [-0.2, -0.15) is 0 Å². The Hall–Kier alpha value is -3.12. The second kappa shape index (κ2) is 9.59. The average Bonchev–Trinajstić information content (AvgIpc) is 3.22. The monoisotopic (exact) mass is 421 g/mol. The molecule has 0 aliphatic carbocycles. The number of hydrogen-bond donors (Lipinski definition) is 1. The first-order valence-electron chi connectivity index (χ1n) is 10.1. The standard InChI is InChI=1S/C23H24ClN5O/c1-2-3-13-29-23(26-27-28-29)25-15-21-20-10-5-4-8-18(20)11-12-22(21)30-16-17-7-6-9-19(24)14-17/h4-12,14H,2-3,13,15-16H2,1H3,(H,25,26,28). The number of fused-ring (bicyclic) bond motifs is 1. The van der Waals surface area contributed by atoms with E-state index in [1.54, 1.807) is 4.68 Å². The van der Waals surface area contributed by atoms with Crippen molar-refractivity contribution in [2.45, 2.75) is 39.5 Å². The van der Waals surface area contributed by atoms with Crippen LogP contribution >= 0.6 is 11.6 Å². The van der Waals surface area contributed by atoms with Crippen molar-refractivity contribution in [3.63, 3.8) is 0 Å². The molecular weight excluding hydrogens is 398 g/mol. The molecule has 3 aromatic carbocycles. The molecule has 0 radical (unpaired) electrons. The van der Waals surface area contributed by atoms with Crippen LogP contribution in [0.25, 0.3) is 10.8 Å². The topological polar surface area (TPSA) is 64.9 Å². The minimum Gasteiger partial charge on any atom is -0.489 e.